The lowest BCUT2D eigenvalue weighted by Crippen LogP contribution is -2.25. The molecule has 0 radical (unpaired) electrons. The van der Waals surface area contributed by atoms with Crippen molar-refractivity contribution in [3.63, 3.8) is 0 Å². The molecule has 4 nitrogen and oxygen atoms in total. The van der Waals surface area contributed by atoms with Gasteiger partial charge in [0.25, 0.3) is 5.91 Å². The lowest BCUT2D eigenvalue weighted by Gasteiger charge is -2.06. The van der Waals surface area contributed by atoms with Crippen LogP contribution in [-0.4, -0.2) is 18.2 Å². The standard InChI is InChI=1S/C23H19ClN2O2/c24-20-12-14-21(15-13-20)28-17-23(27)26-25-22(19-9-5-2-6-10-19)16-11-18-7-3-1-4-8-18/h1-16H,17H2,(H,26,27). The van der Waals surface area contributed by atoms with Crippen LogP contribution in [0, 0.1) is 0 Å². The number of rotatable bonds is 7. The fourth-order valence-electron chi connectivity index (χ4n) is 2.38. The molecule has 0 aliphatic heterocycles. The van der Waals surface area contributed by atoms with Gasteiger partial charge in [-0.05, 0) is 35.9 Å². The van der Waals surface area contributed by atoms with Gasteiger partial charge >= 0.3 is 0 Å². The Labute approximate surface area is 169 Å². The molecule has 1 amide bonds. The van der Waals surface area contributed by atoms with Gasteiger partial charge in [-0.15, -0.1) is 0 Å². The first-order chi connectivity index (χ1) is 13.7. The summed E-state index contributed by atoms with van der Waals surface area (Å²) in [4.78, 5) is 12.1. The van der Waals surface area contributed by atoms with Crippen LogP contribution in [0.15, 0.2) is 96.1 Å². The van der Waals surface area contributed by atoms with Crippen molar-refractivity contribution in [3.8, 4) is 5.75 Å². The Kier molecular flexibility index (Phi) is 6.99. The Balaban J connectivity index is 1.67. The minimum absolute atomic E-state index is 0.143. The van der Waals surface area contributed by atoms with Gasteiger partial charge in [-0.3, -0.25) is 4.79 Å². The van der Waals surface area contributed by atoms with E-state index < -0.39 is 0 Å². The van der Waals surface area contributed by atoms with Crippen molar-refractivity contribution in [1.82, 2.24) is 5.43 Å². The zero-order valence-electron chi connectivity index (χ0n) is 15.1. The van der Waals surface area contributed by atoms with Crippen LogP contribution >= 0.6 is 11.6 Å². The van der Waals surface area contributed by atoms with E-state index in [0.717, 1.165) is 11.1 Å². The number of carbonyl (C=O) groups excluding carboxylic acids is 1. The monoisotopic (exact) mass is 390 g/mol. The second-order valence-corrected chi connectivity index (χ2v) is 6.32. The number of amides is 1. The summed E-state index contributed by atoms with van der Waals surface area (Å²) in [5.41, 5.74) is 5.13. The highest BCUT2D eigenvalue weighted by atomic mass is 35.5. The van der Waals surface area contributed by atoms with Gasteiger partial charge in [-0.2, -0.15) is 5.10 Å². The summed E-state index contributed by atoms with van der Waals surface area (Å²) in [7, 11) is 0. The summed E-state index contributed by atoms with van der Waals surface area (Å²) >= 11 is 5.83. The zero-order valence-corrected chi connectivity index (χ0v) is 15.8. The normalized spacial score (nSPS) is 11.4. The second-order valence-electron chi connectivity index (χ2n) is 5.88. The highest BCUT2D eigenvalue weighted by Gasteiger charge is 2.04. The molecule has 0 spiro atoms. The van der Waals surface area contributed by atoms with Crippen molar-refractivity contribution in [2.24, 2.45) is 5.10 Å². The molecule has 0 bridgehead atoms. The first-order valence-corrected chi connectivity index (χ1v) is 9.12. The molecule has 0 aliphatic carbocycles. The molecular formula is C23H19ClN2O2. The molecule has 3 rings (SSSR count). The molecule has 0 atom stereocenters. The van der Waals surface area contributed by atoms with Gasteiger partial charge in [0.15, 0.2) is 6.61 Å². The molecule has 3 aromatic rings. The van der Waals surface area contributed by atoms with Crippen LogP contribution in [0.1, 0.15) is 11.1 Å². The van der Waals surface area contributed by atoms with Gasteiger partial charge in [-0.1, -0.05) is 78.3 Å². The van der Waals surface area contributed by atoms with Crippen LogP contribution < -0.4 is 10.2 Å². The second kappa shape index (κ2) is 10.1. The molecule has 0 aliphatic rings. The highest BCUT2D eigenvalue weighted by molar-refractivity contribution is 6.30. The van der Waals surface area contributed by atoms with Crippen molar-refractivity contribution >= 4 is 29.3 Å². The van der Waals surface area contributed by atoms with Gasteiger partial charge in [0, 0.05) is 10.6 Å². The lowest BCUT2D eigenvalue weighted by atomic mass is 10.1. The predicted octanol–water partition coefficient (Wildman–Crippen LogP) is 4.95. The number of halogens is 1. The van der Waals surface area contributed by atoms with Gasteiger partial charge in [-0.25, -0.2) is 5.43 Å². The van der Waals surface area contributed by atoms with Gasteiger partial charge < -0.3 is 4.74 Å². The van der Waals surface area contributed by atoms with E-state index in [1.54, 1.807) is 24.3 Å². The Morgan fingerprint density at radius 2 is 1.57 bits per heavy atom. The Morgan fingerprint density at radius 1 is 0.929 bits per heavy atom. The number of hydrazone groups is 1. The molecule has 0 saturated heterocycles. The third-order valence-corrected chi connectivity index (χ3v) is 4.04. The minimum Gasteiger partial charge on any atom is -0.484 e. The quantitative estimate of drug-likeness (QED) is 0.458. The molecule has 0 aromatic heterocycles. The first kappa shape index (κ1) is 19.4. The number of carbonyl (C=O) groups is 1. The molecule has 0 unspecified atom stereocenters. The number of ether oxygens (including phenoxy) is 1. The van der Waals surface area contributed by atoms with Crippen LogP contribution in [0.3, 0.4) is 0 Å². The third kappa shape index (κ3) is 6.11. The smallest absolute Gasteiger partial charge is 0.277 e. The number of benzene rings is 3. The van der Waals surface area contributed by atoms with Gasteiger partial charge in [0.05, 0.1) is 5.71 Å². The summed E-state index contributed by atoms with van der Waals surface area (Å²) in [6.07, 6.45) is 3.81. The zero-order chi connectivity index (χ0) is 19.6. The summed E-state index contributed by atoms with van der Waals surface area (Å²) in [6.45, 7) is -0.143. The highest BCUT2D eigenvalue weighted by Crippen LogP contribution is 2.15. The van der Waals surface area contributed by atoms with Crippen LogP contribution in [0.25, 0.3) is 6.08 Å². The SMILES string of the molecule is O=C(COc1ccc(Cl)cc1)NN=C(C=Cc1ccccc1)c1ccccc1. The third-order valence-electron chi connectivity index (χ3n) is 3.79. The van der Waals surface area contributed by atoms with Crippen molar-refractivity contribution in [2.75, 3.05) is 6.61 Å². The average Bonchev–Trinajstić information content (AvgIpc) is 2.75. The number of allylic oxidation sites excluding steroid dienone is 1. The molecule has 0 heterocycles. The molecular weight excluding hydrogens is 372 g/mol. The number of hydrogen-bond donors (Lipinski definition) is 1. The predicted molar refractivity (Wildman–Crippen MR) is 114 cm³/mol. The van der Waals surface area contributed by atoms with Gasteiger partial charge in [0.1, 0.15) is 5.75 Å². The van der Waals surface area contributed by atoms with Crippen molar-refractivity contribution in [1.29, 1.82) is 0 Å². The number of nitrogens with one attached hydrogen (secondary N) is 1. The molecule has 140 valence electrons. The lowest BCUT2D eigenvalue weighted by molar-refractivity contribution is -0.123. The van der Waals surface area contributed by atoms with E-state index in [0.29, 0.717) is 16.5 Å². The van der Waals surface area contributed by atoms with E-state index in [-0.39, 0.29) is 12.5 Å². The Bertz CT molecular complexity index is 953. The van der Waals surface area contributed by atoms with E-state index >= 15 is 0 Å². The molecule has 28 heavy (non-hydrogen) atoms. The van der Waals surface area contributed by atoms with Crippen LogP contribution in [0.2, 0.25) is 5.02 Å². The van der Waals surface area contributed by atoms with E-state index in [9.17, 15) is 4.79 Å². The summed E-state index contributed by atoms with van der Waals surface area (Å²) in [5, 5.41) is 4.87. The molecule has 5 heteroatoms. The first-order valence-electron chi connectivity index (χ1n) is 8.74. The largest absolute Gasteiger partial charge is 0.484 e. The van der Waals surface area contributed by atoms with Crippen molar-refractivity contribution in [2.45, 2.75) is 0 Å². The van der Waals surface area contributed by atoms with E-state index in [4.69, 9.17) is 16.3 Å². The minimum atomic E-state index is -0.350. The van der Waals surface area contributed by atoms with Crippen LogP contribution in [-0.2, 0) is 4.79 Å². The summed E-state index contributed by atoms with van der Waals surface area (Å²) < 4.78 is 5.43. The molecule has 3 aromatic carbocycles. The Hall–Kier alpha value is -3.37. The maximum absolute atomic E-state index is 12.1. The topological polar surface area (TPSA) is 50.7 Å². The summed E-state index contributed by atoms with van der Waals surface area (Å²) in [5.74, 6) is 0.215. The van der Waals surface area contributed by atoms with Crippen molar-refractivity contribution < 1.29 is 9.53 Å². The molecule has 0 saturated carbocycles. The molecule has 1 N–H and O–H groups in total. The Morgan fingerprint density at radius 3 is 2.25 bits per heavy atom. The van der Waals surface area contributed by atoms with E-state index in [1.807, 2.05) is 72.8 Å². The maximum atomic E-state index is 12.1. The van der Waals surface area contributed by atoms with Gasteiger partial charge in [0.2, 0.25) is 0 Å². The maximum Gasteiger partial charge on any atom is 0.277 e. The average molecular weight is 391 g/mol. The number of nitrogens with zero attached hydrogens (tertiary/aromatic N) is 1. The fraction of sp³-hybridized carbons (Fsp3) is 0.0435. The van der Waals surface area contributed by atoms with Crippen LogP contribution in [0.5, 0.6) is 5.75 Å². The molecule has 0 fully saturated rings. The summed E-state index contributed by atoms with van der Waals surface area (Å²) in [6, 6.07) is 26.4. The number of hydrogen-bond acceptors (Lipinski definition) is 3. The fourth-order valence-corrected chi connectivity index (χ4v) is 2.51. The van der Waals surface area contributed by atoms with Crippen molar-refractivity contribution in [3.05, 3.63) is 107 Å². The van der Waals surface area contributed by atoms with E-state index in [1.165, 1.54) is 0 Å². The van der Waals surface area contributed by atoms with Crippen LogP contribution in [0.4, 0.5) is 0 Å². The van der Waals surface area contributed by atoms with E-state index in [2.05, 4.69) is 10.5 Å².